The minimum absolute atomic E-state index is 0.0112. The molecule has 2 aromatic heterocycles. The molecular formula is C17H20N4O4. The number of nitrogens with one attached hydrogen (secondary N) is 1. The van der Waals surface area contributed by atoms with Crippen LogP contribution in [-0.4, -0.2) is 34.9 Å². The van der Waals surface area contributed by atoms with Gasteiger partial charge in [0, 0.05) is 36.5 Å². The third kappa shape index (κ3) is 3.47. The number of hydrogen-bond acceptors (Lipinski definition) is 6. The van der Waals surface area contributed by atoms with E-state index in [0.29, 0.717) is 43.1 Å². The second-order valence-electron chi connectivity index (χ2n) is 6.22. The Labute approximate surface area is 145 Å². The number of rotatable bonds is 4. The number of piperidine rings is 1. The van der Waals surface area contributed by atoms with Crippen LogP contribution in [0, 0.1) is 24.0 Å². The standard InChI is InChI=1S/C17H20N4O4/c1-11-3-7-18-16(14(11)21(23)24)20-8-4-13(5-9-20)19-17(22)15-12(2)6-10-25-15/h3,6-7,10,13H,4-5,8-9H2,1-2H3,(H,19,22). The fourth-order valence-corrected chi connectivity index (χ4v) is 3.09. The van der Waals surface area contributed by atoms with Gasteiger partial charge in [0.2, 0.25) is 5.82 Å². The maximum atomic E-state index is 12.2. The summed E-state index contributed by atoms with van der Waals surface area (Å²) in [6.07, 6.45) is 4.47. The third-order valence-corrected chi connectivity index (χ3v) is 4.49. The van der Waals surface area contributed by atoms with E-state index in [2.05, 4.69) is 10.3 Å². The number of anilines is 1. The van der Waals surface area contributed by atoms with Crippen molar-refractivity contribution in [1.29, 1.82) is 0 Å². The highest BCUT2D eigenvalue weighted by Crippen LogP contribution is 2.30. The van der Waals surface area contributed by atoms with Crippen LogP contribution in [0.5, 0.6) is 0 Å². The summed E-state index contributed by atoms with van der Waals surface area (Å²) < 4.78 is 5.21. The summed E-state index contributed by atoms with van der Waals surface area (Å²) in [5, 5.41) is 14.3. The third-order valence-electron chi connectivity index (χ3n) is 4.49. The van der Waals surface area contributed by atoms with Crippen LogP contribution in [0.3, 0.4) is 0 Å². The van der Waals surface area contributed by atoms with E-state index in [9.17, 15) is 14.9 Å². The van der Waals surface area contributed by atoms with Crippen LogP contribution in [-0.2, 0) is 0 Å². The fourth-order valence-electron chi connectivity index (χ4n) is 3.09. The van der Waals surface area contributed by atoms with Crippen molar-refractivity contribution in [2.24, 2.45) is 0 Å². The number of nitro groups is 1. The maximum absolute atomic E-state index is 12.2. The van der Waals surface area contributed by atoms with E-state index in [1.54, 1.807) is 25.3 Å². The molecule has 0 radical (unpaired) electrons. The van der Waals surface area contributed by atoms with Gasteiger partial charge in [-0.15, -0.1) is 0 Å². The molecule has 1 amide bonds. The molecule has 2 aromatic rings. The highest BCUT2D eigenvalue weighted by atomic mass is 16.6. The largest absolute Gasteiger partial charge is 0.459 e. The van der Waals surface area contributed by atoms with Crippen LogP contribution in [0.2, 0.25) is 0 Å². The Morgan fingerprint density at radius 1 is 1.32 bits per heavy atom. The molecule has 1 aliphatic heterocycles. The van der Waals surface area contributed by atoms with E-state index in [-0.39, 0.29) is 22.6 Å². The zero-order valence-electron chi connectivity index (χ0n) is 14.2. The molecule has 132 valence electrons. The van der Waals surface area contributed by atoms with Gasteiger partial charge in [0.05, 0.1) is 11.2 Å². The quantitative estimate of drug-likeness (QED) is 0.676. The van der Waals surface area contributed by atoms with Crippen LogP contribution in [0.25, 0.3) is 0 Å². The Morgan fingerprint density at radius 3 is 2.64 bits per heavy atom. The molecule has 0 aliphatic carbocycles. The Morgan fingerprint density at radius 2 is 2.04 bits per heavy atom. The van der Waals surface area contributed by atoms with Crippen molar-refractivity contribution in [3.8, 4) is 0 Å². The van der Waals surface area contributed by atoms with Crippen molar-refractivity contribution in [2.45, 2.75) is 32.7 Å². The van der Waals surface area contributed by atoms with E-state index in [0.717, 1.165) is 5.56 Å². The Hall–Kier alpha value is -2.90. The SMILES string of the molecule is Cc1ccoc1C(=O)NC1CCN(c2nccc(C)c2[N+](=O)[O-])CC1. The highest BCUT2D eigenvalue weighted by Gasteiger charge is 2.28. The zero-order chi connectivity index (χ0) is 18.0. The molecule has 1 aliphatic rings. The summed E-state index contributed by atoms with van der Waals surface area (Å²) in [4.78, 5) is 29.3. The summed E-state index contributed by atoms with van der Waals surface area (Å²) in [6.45, 7) is 4.73. The molecule has 1 fully saturated rings. The van der Waals surface area contributed by atoms with Gasteiger partial charge in [-0.3, -0.25) is 14.9 Å². The van der Waals surface area contributed by atoms with E-state index < -0.39 is 0 Å². The van der Waals surface area contributed by atoms with Crippen molar-refractivity contribution in [3.63, 3.8) is 0 Å². The molecule has 1 N–H and O–H groups in total. The monoisotopic (exact) mass is 344 g/mol. The summed E-state index contributed by atoms with van der Waals surface area (Å²) in [5.74, 6) is 0.510. The van der Waals surface area contributed by atoms with Crippen molar-refractivity contribution >= 4 is 17.4 Å². The van der Waals surface area contributed by atoms with Crippen LogP contribution < -0.4 is 10.2 Å². The molecule has 3 rings (SSSR count). The molecular weight excluding hydrogens is 324 g/mol. The summed E-state index contributed by atoms with van der Waals surface area (Å²) in [6, 6.07) is 3.40. The molecule has 0 saturated carbocycles. The molecule has 3 heterocycles. The molecule has 0 aromatic carbocycles. The lowest BCUT2D eigenvalue weighted by atomic mass is 10.0. The van der Waals surface area contributed by atoms with E-state index in [1.165, 1.54) is 6.26 Å². The van der Waals surface area contributed by atoms with Gasteiger partial charge in [0.25, 0.3) is 5.91 Å². The lowest BCUT2D eigenvalue weighted by molar-refractivity contribution is -0.384. The molecule has 1 saturated heterocycles. The minimum Gasteiger partial charge on any atom is -0.459 e. The summed E-state index contributed by atoms with van der Waals surface area (Å²) in [7, 11) is 0. The van der Waals surface area contributed by atoms with Gasteiger partial charge >= 0.3 is 5.69 Å². The normalized spacial score (nSPS) is 15.2. The average molecular weight is 344 g/mol. The van der Waals surface area contributed by atoms with E-state index in [1.807, 2.05) is 11.8 Å². The zero-order valence-corrected chi connectivity index (χ0v) is 14.2. The number of pyridine rings is 1. The lowest BCUT2D eigenvalue weighted by Crippen LogP contribution is -2.45. The Kier molecular flexibility index (Phi) is 4.69. The Bertz CT molecular complexity index is 794. The number of carbonyl (C=O) groups is 1. The van der Waals surface area contributed by atoms with Crippen LogP contribution in [0.4, 0.5) is 11.5 Å². The molecule has 25 heavy (non-hydrogen) atoms. The minimum atomic E-state index is -0.384. The highest BCUT2D eigenvalue weighted by molar-refractivity contribution is 5.93. The molecule has 0 atom stereocenters. The second-order valence-corrected chi connectivity index (χ2v) is 6.22. The molecule has 0 unspecified atom stereocenters. The van der Waals surface area contributed by atoms with E-state index >= 15 is 0 Å². The first-order valence-corrected chi connectivity index (χ1v) is 8.17. The average Bonchev–Trinajstić information content (AvgIpc) is 3.01. The van der Waals surface area contributed by atoms with E-state index in [4.69, 9.17) is 4.42 Å². The second kappa shape index (κ2) is 6.92. The number of aryl methyl sites for hydroxylation is 2. The molecule has 8 nitrogen and oxygen atoms in total. The smallest absolute Gasteiger partial charge is 0.314 e. The van der Waals surface area contributed by atoms with Gasteiger partial charge in [0.1, 0.15) is 0 Å². The first-order chi connectivity index (χ1) is 12.0. The number of carbonyl (C=O) groups excluding carboxylic acids is 1. The van der Waals surface area contributed by atoms with Gasteiger partial charge in [-0.25, -0.2) is 4.98 Å². The topological polar surface area (TPSA) is 102 Å². The number of aromatic nitrogens is 1. The van der Waals surface area contributed by atoms with Gasteiger partial charge < -0.3 is 14.6 Å². The van der Waals surface area contributed by atoms with Crippen LogP contribution >= 0.6 is 0 Å². The Balaban J connectivity index is 1.65. The van der Waals surface area contributed by atoms with Gasteiger partial charge in [-0.2, -0.15) is 0 Å². The van der Waals surface area contributed by atoms with Crippen LogP contribution in [0.15, 0.2) is 29.0 Å². The van der Waals surface area contributed by atoms with Crippen molar-refractivity contribution in [1.82, 2.24) is 10.3 Å². The molecule has 0 bridgehead atoms. The lowest BCUT2D eigenvalue weighted by Gasteiger charge is -2.32. The number of hydrogen-bond donors (Lipinski definition) is 1. The van der Waals surface area contributed by atoms with Crippen molar-refractivity contribution in [3.05, 3.63) is 51.6 Å². The number of amides is 1. The predicted molar refractivity (Wildman–Crippen MR) is 91.8 cm³/mol. The van der Waals surface area contributed by atoms with Gasteiger partial charge in [0.15, 0.2) is 5.76 Å². The number of furan rings is 1. The molecule has 0 spiro atoms. The first-order valence-electron chi connectivity index (χ1n) is 8.17. The molecule has 8 heteroatoms. The van der Waals surface area contributed by atoms with Gasteiger partial charge in [-0.05, 0) is 38.8 Å². The van der Waals surface area contributed by atoms with Gasteiger partial charge in [-0.1, -0.05) is 0 Å². The first kappa shape index (κ1) is 16.9. The summed E-state index contributed by atoms with van der Waals surface area (Å²) in [5.41, 5.74) is 1.45. The number of nitrogens with zero attached hydrogens (tertiary/aromatic N) is 3. The van der Waals surface area contributed by atoms with Crippen LogP contribution in [0.1, 0.15) is 34.5 Å². The van der Waals surface area contributed by atoms with Crippen molar-refractivity contribution in [2.75, 3.05) is 18.0 Å². The summed E-state index contributed by atoms with van der Waals surface area (Å²) >= 11 is 0. The predicted octanol–water partition coefficient (Wildman–Crippen LogP) is 2.60. The van der Waals surface area contributed by atoms with Crippen molar-refractivity contribution < 1.29 is 14.1 Å². The maximum Gasteiger partial charge on any atom is 0.314 e. The fraction of sp³-hybridized carbons (Fsp3) is 0.412.